The van der Waals surface area contributed by atoms with Crippen molar-refractivity contribution in [3.8, 4) is 22.9 Å². The Morgan fingerprint density at radius 1 is 0.740 bits per heavy atom. The van der Waals surface area contributed by atoms with Gasteiger partial charge in [0.05, 0.1) is 55.3 Å². The number of amides is 9. The molecule has 31 nitrogen and oxygen atoms in total. The van der Waals surface area contributed by atoms with Crippen molar-refractivity contribution < 1.29 is 97.2 Å². The number of aliphatic hydroxyl groups is 5. The summed E-state index contributed by atoms with van der Waals surface area (Å²) in [4.78, 5) is 150. The van der Waals surface area contributed by atoms with Gasteiger partial charge in [0.1, 0.15) is 55.9 Å². The largest absolute Gasteiger partial charge is 0.458 e. The van der Waals surface area contributed by atoms with E-state index in [1.807, 2.05) is 6.07 Å². The summed E-state index contributed by atoms with van der Waals surface area (Å²) >= 11 is 0. The Hall–Kier alpha value is -9.24. The van der Waals surface area contributed by atoms with Crippen molar-refractivity contribution in [2.75, 3.05) is 59.5 Å². The van der Waals surface area contributed by atoms with Gasteiger partial charge in [-0.15, -0.1) is 0 Å². The van der Waals surface area contributed by atoms with E-state index in [2.05, 4.69) is 37.2 Å². The average Bonchev–Trinajstić information content (AvgIpc) is 1.50. The summed E-state index contributed by atoms with van der Waals surface area (Å²) < 4.78 is 29.9. The molecule has 514 valence electrons. The molecule has 2 aromatic carbocycles. The zero-order valence-electron chi connectivity index (χ0n) is 52.7. The number of pyridine rings is 2. The third-order valence-corrected chi connectivity index (χ3v) is 18.0. The molecular formula is C65H78N10O21. The maximum atomic E-state index is 14.1. The lowest BCUT2D eigenvalue weighted by Gasteiger charge is -2.40. The molecule has 0 spiro atoms. The standard InChI is InChI=1S/C65H78N10O21/c1-2-65(91)39-23-43-56-37(29-75(43)63(89)38(39)31-93-64(65)90)54-35(14-15-36-55(54)41(73-56)24-44-60(36)95-33-94-44)12-9-21-92-32-70-50(80)27-69-62(88)42(22-34-10-5-3-6-11-34)72-51(81)28-67-49(79)26-68-61(87)40(71-48(78)13-7-4-8-20-74-52(82)18-19-53(74)83)16-17-47(77)66-25-45-57(84)59(86)58(85)46(30-76)96-45/h3,5-6,10-11,18-19,23-24,35,40,42,45-46,57-59,76,84-86,91H,2,4,7-9,12-17,20-22,25-33H2,1H3,(H,66,77)(H,67,79)(H,68,87)(H,69,88)(H,70,80)(H,71,78)(H,72,81)/t35-,40-,42-,45-,46+,57-,58+,59+,65-/m0/s1. The van der Waals surface area contributed by atoms with Crippen LogP contribution in [0.4, 0.5) is 0 Å². The van der Waals surface area contributed by atoms with E-state index in [0.29, 0.717) is 72.5 Å². The summed E-state index contributed by atoms with van der Waals surface area (Å²) in [7, 11) is 0. The molecule has 1 saturated heterocycles. The van der Waals surface area contributed by atoms with Gasteiger partial charge in [-0.05, 0) is 74.5 Å². The van der Waals surface area contributed by atoms with E-state index in [1.54, 1.807) is 47.9 Å². The highest BCUT2D eigenvalue weighted by molar-refractivity contribution is 6.12. The minimum absolute atomic E-state index is 0.00169. The van der Waals surface area contributed by atoms with E-state index in [0.717, 1.165) is 45.5 Å². The van der Waals surface area contributed by atoms with Crippen molar-refractivity contribution in [3.05, 3.63) is 98.4 Å². The van der Waals surface area contributed by atoms with Gasteiger partial charge in [-0.3, -0.25) is 52.8 Å². The molecule has 96 heavy (non-hydrogen) atoms. The smallest absolute Gasteiger partial charge is 0.343 e. The maximum absolute atomic E-state index is 14.1. The Morgan fingerprint density at radius 3 is 2.19 bits per heavy atom. The van der Waals surface area contributed by atoms with Crippen LogP contribution < -0.4 is 52.3 Å². The van der Waals surface area contributed by atoms with E-state index in [-0.39, 0.29) is 101 Å². The third kappa shape index (κ3) is 15.7. The monoisotopic (exact) mass is 1330 g/mol. The molecule has 9 atom stereocenters. The van der Waals surface area contributed by atoms with Crippen LogP contribution in [0.15, 0.2) is 59.4 Å². The molecule has 9 amide bonds. The zero-order chi connectivity index (χ0) is 68.4. The highest BCUT2D eigenvalue weighted by atomic mass is 16.7. The summed E-state index contributed by atoms with van der Waals surface area (Å²) in [5, 5.41) is 70.1. The fourth-order valence-electron chi connectivity index (χ4n) is 12.8. The predicted octanol–water partition coefficient (Wildman–Crippen LogP) is -2.51. The van der Waals surface area contributed by atoms with Crippen molar-refractivity contribution in [2.45, 2.75) is 151 Å². The van der Waals surface area contributed by atoms with Gasteiger partial charge in [-0.1, -0.05) is 43.7 Å². The number of unbranched alkanes of at least 4 members (excludes halogenated alkanes) is 2. The van der Waals surface area contributed by atoms with Crippen LogP contribution in [0.1, 0.15) is 110 Å². The first-order valence-electron chi connectivity index (χ1n) is 32.0. The fourth-order valence-corrected chi connectivity index (χ4v) is 12.8. The first-order valence-corrected chi connectivity index (χ1v) is 32.0. The van der Waals surface area contributed by atoms with Crippen LogP contribution in [0.2, 0.25) is 0 Å². The van der Waals surface area contributed by atoms with Crippen molar-refractivity contribution in [1.29, 1.82) is 0 Å². The molecule has 6 aliphatic rings. The van der Waals surface area contributed by atoms with Gasteiger partial charge in [-0.2, -0.15) is 0 Å². The van der Waals surface area contributed by atoms with Crippen LogP contribution in [-0.4, -0.2) is 201 Å². The first-order chi connectivity index (χ1) is 46.2. The number of aryl methyl sites for hydroxylation is 1. The van der Waals surface area contributed by atoms with E-state index >= 15 is 0 Å². The molecule has 1 aliphatic carbocycles. The average molecular weight is 1340 g/mol. The highest BCUT2D eigenvalue weighted by Gasteiger charge is 2.47. The summed E-state index contributed by atoms with van der Waals surface area (Å²) in [6.07, 6.45) is -2.06. The number of rotatable bonds is 31. The number of aromatic nitrogens is 2. The number of nitrogens with zero attached hydrogens (tertiary/aromatic N) is 3. The van der Waals surface area contributed by atoms with Crippen molar-refractivity contribution in [3.63, 3.8) is 0 Å². The quantitative estimate of drug-likeness (QED) is 0.00944. The number of nitrogens with one attached hydrogen (secondary N) is 7. The van der Waals surface area contributed by atoms with E-state index < -0.39 is 134 Å². The van der Waals surface area contributed by atoms with Crippen molar-refractivity contribution in [2.24, 2.45) is 0 Å². The minimum Gasteiger partial charge on any atom is -0.458 e. The summed E-state index contributed by atoms with van der Waals surface area (Å²) in [5.74, 6) is -5.60. The van der Waals surface area contributed by atoms with E-state index in [1.165, 1.54) is 0 Å². The van der Waals surface area contributed by atoms with Gasteiger partial charge < -0.3 is 91.0 Å². The van der Waals surface area contributed by atoms with Crippen LogP contribution >= 0.6 is 0 Å². The maximum Gasteiger partial charge on any atom is 0.343 e. The molecule has 0 saturated carbocycles. The van der Waals surface area contributed by atoms with E-state index in [9.17, 15) is 78.3 Å². The molecule has 7 heterocycles. The lowest BCUT2D eigenvalue weighted by atomic mass is 9.77. The third-order valence-electron chi connectivity index (χ3n) is 18.0. The molecule has 0 radical (unpaired) electrons. The Balaban J connectivity index is 0.681. The number of fused-ring (bicyclic) bond motifs is 7. The molecule has 12 N–H and O–H groups in total. The SMILES string of the molecule is CC[C@@]1(O)C(=O)OCc2c1cc1n(c2=O)Cc2c-1nc1cc3c(c4c1c2[C@@H](CCCOCNC(=O)CNC(=O)[C@H](Cc1ccccc1)NC(=O)CNC(=O)CNC(=O)[C@H](CCC(=O)NC[C@@H]1O[C@H](CO)[C@@H](O)[C@H](O)[C@H]1O)NC(=O)CCCCCN1C(=O)C=CC1=O)CC4)OCO3. The highest BCUT2D eigenvalue weighted by Crippen LogP contribution is 2.51. The number of hydrogen-bond acceptors (Lipinski definition) is 22. The second-order valence-corrected chi connectivity index (χ2v) is 24.3. The lowest BCUT2D eigenvalue weighted by molar-refractivity contribution is -0.227. The normalized spacial score (nSPS) is 21.7. The van der Waals surface area contributed by atoms with Crippen LogP contribution in [0.5, 0.6) is 11.5 Å². The van der Waals surface area contributed by atoms with Crippen molar-refractivity contribution >= 4 is 70.0 Å². The number of hydrogen-bond donors (Lipinski definition) is 12. The second kappa shape index (κ2) is 31.1. The van der Waals surface area contributed by atoms with Gasteiger partial charge in [-0.25, -0.2) is 9.78 Å². The van der Waals surface area contributed by atoms with Crippen LogP contribution in [-0.2, 0) is 93.8 Å². The number of esters is 1. The molecule has 2 aromatic heterocycles. The zero-order valence-corrected chi connectivity index (χ0v) is 52.7. The fraction of sp³-hybridized carbons (Fsp3) is 0.508. The summed E-state index contributed by atoms with van der Waals surface area (Å²) in [5.41, 5.74) is 3.29. The number of cyclic esters (lactones) is 1. The molecule has 10 rings (SSSR count). The Kier molecular flexibility index (Phi) is 22.5. The van der Waals surface area contributed by atoms with Crippen LogP contribution in [0.25, 0.3) is 22.3 Å². The molecule has 5 aliphatic heterocycles. The predicted molar refractivity (Wildman–Crippen MR) is 333 cm³/mol. The molecule has 0 unspecified atom stereocenters. The Morgan fingerprint density at radius 2 is 1.45 bits per heavy atom. The van der Waals surface area contributed by atoms with Gasteiger partial charge in [0.25, 0.3) is 17.4 Å². The molecular weight excluding hydrogens is 1260 g/mol. The number of benzene rings is 2. The van der Waals surface area contributed by atoms with Gasteiger partial charge >= 0.3 is 5.97 Å². The number of ether oxygens (including phenoxy) is 5. The number of imide groups is 1. The first kappa shape index (κ1) is 69.6. The number of carbonyl (C=O) groups is 10. The minimum atomic E-state index is -1.99. The van der Waals surface area contributed by atoms with Crippen LogP contribution in [0.3, 0.4) is 0 Å². The molecule has 1 fully saturated rings. The van der Waals surface area contributed by atoms with E-state index in [4.69, 9.17) is 28.7 Å². The lowest BCUT2D eigenvalue weighted by Crippen LogP contribution is -2.60. The summed E-state index contributed by atoms with van der Waals surface area (Å²) in [6, 6.07) is 9.59. The molecule has 0 bridgehead atoms. The van der Waals surface area contributed by atoms with Gasteiger partial charge in [0.2, 0.25) is 48.1 Å². The summed E-state index contributed by atoms with van der Waals surface area (Å²) in [6.45, 7) is -1.04. The van der Waals surface area contributed by atoms with Gasteiger partial charge in [0.15, 0.2) is 17.1 Å². The van der Waals surface area contributed by atoms with Gasteiger partial charge in [0, 0.05) is 79.3 Å². The molecule has 31 heteroatoms. The topological polar surface area (TPSA) is 440 Å². The number of aliphatic hydroxyl groups excluding tert-OH is 4. The number of carbonyl (C=O) groups excluding carboxylic acids is 10. The molecule has 4 aromatic rings. The Labute approximate surface area is 548 Å². The van der Waals surface area contributed by atoms with Crippen molar-refractivity contribution in [1.82, 2.24) is 51.7 Å². The van der Waals surface area contributed by atoms with Crippen LogP contribution in [0, 0.1) is 0 Å². The second-order valence-electron chi connectivity index (χ2n) is 24.3. The Bertz CT molecular complexity index is 3750.